The van der Waals surface area contributed by atoms with Crippen LogP contribution in [0.1, 0.15) is 12.8 Å². The highest BCUT2D eigenvalue weighted by molar-refractivity contribution is 9.09. The number of rotatable bonds is 4. The topological polar surface area (TPSA) is 40.5 Å². The van der Waals surface area contributed by atoms with Gasteiger partial charge in [-0.3, -0.25) is 0 Å². The van der Waals surface area contributed by atoms with E-state index in [1.54, 1.807) is 0 Å². The van der Waals surface area contributed by atoms with Gasteiger partial charge in [0.25, 0.3) is 0 Å². The highest BCUT2D eigenvalue weighted by Gasteiger charge is 2.19. The van der Waals surface area contributed by atoms with Crippen molar-refractivity contribution in [1.82, 2.24) is 0 Å². The molecule has 0 aliphatic rings. The first-order valence-corrected chi connectivity index (χ1v) is 4.93. The molecular formula is C5H10Br2O2. The molecule has 0 aromatic rings. The van der Waals surface area contributed by atoms with Crippen LogP contribution >= 0.6 is 31.9 Å². The summed E-state index contributed by atoms with van der Waals surface area (Å²) in [5.41, 5.74) is 0. The lowest BCUT2D eigenvalue weighted by molar-refractivity contribution is -0.161. The van der Waals surface area contributed by atoms with Crippen LogP contribution in [0.2, 0.25) is 0 Å². The van der Waals surface area contributed by atoms with Crippen molar-refractivity contribution < 1.29 is 10.2 Å². The quantitative estimate of drug-likeness (QED) is 0.591. The molecule has 0 saturated heterocycles. The fourth-order valence-corrected chi connectivity index (χ4v) is 1.70. The summed E-state index contributed by atoms with van der Waals surface area (Å²) < 4.78 is 0. The predicted octanol–water partition coefficient (Wildman–Crippen LogP) is 1.24. The molecule has 0 aliphatic heterocycles. The Morgan fingerprint density at radius 1 is 1.00 bits per heavy atom. The Hall–Kier alpha value is 0.880. The van der Waals surface area contributed by atoms with Gasteiger partial charge in [0.2, 0.25) is 0 Å². The number of hydrogen-bond donors (Lipinski definition) is 2. The monoisotopic (exact) mass is 260 g/mol. The number of hydrogen-bond acceptors (Lipinski definition) is 2. The van der Waals surface area contributed by atoms with Gasteiger partial charge in [0, 0.05) is 23.5 Å². The highest BCUT2D eigenvalue weighted by atomic mass is 79.9. The van der Waals surface area contributed by atoms with E-state index in [0.29, 0.717) is 23.5 Å². The summed E-state index contributed by atoms with van der Waals surface area (Å²) in [6.45, 7) is 0. The maximum absolute atomic E-state index is 9.01. The Bertz CT molecular complexity index is 67.4. The summed E-state index contributed by atoms with van der Waals surface area (Å²) in [5, 5.41) is 19.3. The van der Waals surface area contributed by atoms with Crippen molar-refractivity contribution in [3.8, 4) is 0 Å². The summed E-state index contributed by atoms with van der Waals surface area (Å²) >= 11 is 6.24. The molecule has 0 bridgehead atoms. The molecular weight excluding hydrogens is 252 g/mol. The maximum atomic E-state index is 9.01. The van der Waals surface area contributed by atoms with Crippen molar-refractivity contribution in [1.29, 1.82) is 0 Å². The normalized spacial score (nSPS) is 12.0. The maximum Gasteiger partial charge on any atom is 0.164 e. The largest absolute Gasteiger partial charge is 0.366 e. The third kappa shape index (κ3) is 5.33. The second kappa shape index (κ2) is 4.66. The molecule has 0 amide bonds. The first-order valence-electron chi connectivity index (χ1n) is 2.69. The van der Waals surface area contributed by atoms with E-state index in [2.05, 4.69) is 31.9 Å². The molecule has 0 aromatic carbocycles. The average molecular weight is 262 g/mol. The summed E-state index contributed by atoms with van der Waals surface area (Å²) in [6.07, 6.45) is 0.747. The van der Waals surface area contributed by atoms with Crippen LogP contribution < -0.4 is 0 Å². The first-order chi connectivity index (χ1) is 4.12. The molecule has 2 nitrogen and oxygen atoms in total. The molecule has 0 saturated carbocycles. The van der Waals surface area contributed by atoms with Gasteiger partial charge in [-0.05, 0) is 0 Å². The zero-order valence-electron chi connectivity index (χ0n) is 4.98. The van der Waals surface area contributed by atoms with Gasteiger partial charge in [-0.1, -0.05) is 31.9 Å². The van der Waals surface area contributed by atoms with Crippen LogP contribution in [-0.4, -0.2) is 26.7 Å². The van der Waals surface area contributed by atoms with E-state index in [1.165, 1.54) is 0 Å². The Morgan fingerprint density at radius 2 is 1.33 bits per heavy atom. The Kier molecular flexibility index (Phi) is 5.11. The molecule has 0 aromatic heterocycles. The minimum atomic E-state index is -1.49. The van der Waals surface area contributed by atoms with E-state index in [0.717, 1.165) is 0 Å². The van der Waals surface area contributed by atoms with Crippen LogP contribution in [0.3, 0.4) is 0 Å². The number of alkyl halides is 2. The van der Waals surface area contributed by atoms with Gasteiger partial charge in [0.1, 0.15) is 0 Å². The molecule has 0 aliphatic carbocycles. The van der Waals surface area contributed by atoms with Gasteiger partial charge in [0.05, 0.1) is 0 Å². The molecule has 0 rings (SSSR count). The van der Waals surface area contributed by atoms with Crippen molar-refractivity contribution in [2.75, 3.05) is 10.7 Å². The Labute approximate surface area is 71.5 Å². The second-order valence-corrected chi connectivity index (χ2v) is 3.45. The van der Waals surface area contributed by atoms with Gasteiger partial charge < -0.3 is 10.2 Å². The molecule has 0 fully saturated rings. The third-order valence-corrected chi connectivity index (χ3v) is 1.78. The Morgan fingerprint density at radius 3 is 1.56 bits per heavy atom. The second-order valence-electron chi connectivity index (χ2n) is 1.86. The standard InChI is InChI=1S/C5H10Br2O2/c6-3-1-5(8,9)2-4-7/h8-9H,1-4H2. The zero-order valence-corrected chi connectivity index (χ0v) is 8.15. The number of halogens is 2. The minimum absolute atomic E-state index is 0.374. The van der Waals surface area contributed by atoms with Crippen molar-refractivity contribution in [3.05, 3.63) is 0 Å². The van der Waals surface area contributed by atoms with Gasteiger partial charge in [-0.2, -0.15) is 0 Å². The minimum Gasteiger partial charge on any atom is -0.366 e. The SMILES string of the molecule is OC(O)(CCBr)CCBr. The molecule has 9 heavy (non-hydrogen) atoms. The smallest absolute Gasteiger partial charge is 0.164 e. The lowest BCUT2D eigenvalue weighted by Crippen LogP contribution is -2.28. The molecule has 0 unspecified atom stereocenters. The molecule has 4 heteroatoms. The van der Waals surface area contributed by atoms with E-state index in [-0.39, 0.29) is 0 Å². The summed E-state index contributed by atoms with van der Waals surface area (Å²) in [6, 6.07) is 0. The number of aliphatic hydroxyl groups is 2. The summed E-state index contributed by atoms with van der Waals surface area (Å²) in [7, 11) is 0. The van der Waals surface area contributed by atoms with E-state index in [9.17, 15) is 0 Å². The Balaban J connectivity index is 3.43. The molecule has 2 N–H and O–H groups in total. The van der Waals surface area contributed by atoms with Gasteiger partial charge in [-0.15, -0.1) is 0 Å². The lowest BCUT2D eigenvalue weighted by atomic mass is 10.2. The van der Waals surface area contributed by atoms with Gasteiger partial charge in [0.15, 0.2) is 5.79 Å². The van der Waals surface area contributed by atoms with Gasteiger partial charge in [-0.25, -0.2) is 0 Å². The average Bonchev–Trinajstić information content (AvgIpc) is 1.64. The molecule has 56 valence electrons. The van der Waals surface area contributed by atoms with Crippen LogP contribution in [-0.2, 0) is 0 Å². The van der Waals surface area contributed by atoms with Crippen LogP contribution in [0.4, 0.5) is 0 Å². The molecule has 0 radical (unpaired) electrons. The van der Waals surface area contributed by atoms with E-state index in [4.69, 9.17) is 10.2 Å². The van der Waals surface area contributed by atoms with E-state index >= 15 is 0 Å². The molecule has 0 spiro atoms. The van der Waals surface area contributed by atoms with Crippen molar-refractivity contribution in [2.45, 2.75) is 18.6 Å². The van der Waals surface area contributed by atoms with E-state index < -0.39 is 5.79 Å². The van der Waals surface area contributed by atoms with Crippen LogP contribution in [0.15, 0.2) is 0 Å². The van der Waals surface area contributed by atoms with E-state index in [1.807, 2.05) is 0 Å². The fourth-order valence-electron chi connectivity index (χ4n) is 0.428. The van der Waals surface area contributed by atoms with Crippen LogP contribution in [0, 0.1) is 0 Å². The van der Waals surface area contributed by atoms with Crippen molar-refractivity contribution in [3.63, 3.8) is 0 Å². The van der Waals surface area contributed by atoms with Crippen molar-refractivity contribution in [2.24, 2.45) is 0 Å². The predicted molar refractivity (Wildman–Crippen MR) is 44.0 cm³/mol. The highest BCUT2D eigenvalue weighted by Crippen LogP contribution is 2.13. The third-order valence-electron chi connectivity index (χ3n) is 0.990. The zero-order chi connectivity index (χ0) is 7.33. The first kappa shape index (κ1) is 9.88. The van der Waals surface area contributed by atoms with Crippen molar-refractivity contribution >= 4 is 31.9 Å². The molecule has 0 atom stereocenters. The lowest BCUT2D eigenvalue weighted by Gasteiger charge is -2.18. The summed E-state index contributed by atoms with van der Waals surface area (Å²) in [4.78, 5) is 0. The van der Waals surface area contributed by atoms with Gasteiger partial charge >= 0.3 is 0 Å². The van der Waals surface area contributed by atoms with Crippen LogP contribution in [0.25, 0.3) is 0 Å². The van der Waals surface area contributed by atoms with Crippen LogP contribution in [0.5, 0.6) is 0 Å². The summed E-state index contributed by atoms with van der Waals surface area (Å²) in [5.74, 6) is -1.49. The fraction of sp³-hybridized carbons (Fsp3) is 1.00. The molecule has 0 heterocycles.